The quantitative estimate of drug-likeness (QED) is 0.519. The molecule has 4 rings (SSSR count). The van der Waals surface area contributed by atoms with E-state index in [0.29, 0.717) is 18.7 Å². The van der Waals surface area contributed by atoms with Crippen molar-refractivity contribution in [3.05, 3.63) is 24.0 Å². The Labute approximate surface area is 209 Å². The van der Waals surface area contributed by atoms with Gasteiger partial charge in [0.05, 0.1) is 49.0 Å². The standard InChI is InChI=1S/C23H33F3N4O5S/c1-4-36(32,33)29-17-8-18(20(25)26)30(22(31)35-13(2)3)19(17)12-34-16-5-6-23(9-14(23)7-16)21-27-10-15(24)11-28-21/h10-11,13-14,16-20,29H,4-9,12H2,1-3H3/t14-,16+,17+,18+,19+,23-/m1/s1. The van der Waals surface area contributed by atoms with Crippen molar-refractivity contribution in [3.8, 4) is 0 Å². The number of amides is 1. The van der Waals surface area contributed by atoms with Crippen molar-refractivity contribution < 1.29 is 35.9 Å². The number of halogens is 3. The second-order valence-electron chi connectivity index (χ2n) is 10.2. The number of sulfonamides is 1. The number of aromatic nitrogens is 2. The lowest BCUT2D eigenvalue weighted by atomic mass is 9.86. The summed E-state index contributed by atoms with van der Waals surface area (Å²) in [5.74, 6) is 0.178. The zero-order valence-electron chi connectivity index (χ0n) is 20.6. The van der Waals surface area contributed by atoms with Crippen LogP contribution >= 0.6 is 0 Å². The molecule has 2 heterocycles. The van der Waals surface area contributed by atoms with Crippen molar-refractivity contribution >= 4 is 16.1 Å². The molecule has 202 valence electrons. The lowest BCUT2D eigenvalue weighted by Crippen LogP contribution is -2.52. The Morgan fingerprint density at radius 1 is 1.28 bits per heavy atom. The largest absolute Gasteiger partial charge is 0.447 e. The van der Waals surface area contributed by atoms with Crippen LogP contribution in [0.5, 0.6) is 0 Å². The molecule has 3 fully saturated rings. The fourth-order valence-corrected chi connectivity index (χ4v) is 6.44. The van der Waals surface area contributed by atoms with E-state index in [1.807, 2.05) is 0 Å². The predicted molar refractivity (Wildman–Crippen MR) is 123 cm³/mol. The van der Waals surface area contributed by atoms with E-state index in [-0.39, 0.29) is 36.2 Å². The molecule has 13 heteroatoms. The molecule has 1 aliphatic heterocycles. The zero-order chi connectivity index (χ0) is 26.3. The number of carbonyl (C=O) groups excluding carboxylic acids is 1. The summed E-state index contributed by atoms with van der Waals surface area (Å²) in [4.78, 5) is 22.1. The molecule has 36 heavy (non-hydrogen) atoms. The maximum absolute atomic E-state index is 13.9. The van der Waals surface area contributed by atoms with E-state index in [2.05, 4.69) is 14.7 Å². The molecule has 0 spiro atoms. The fourth-order valence-electron chi connectivity index (χ4n) is 5.56. The predicted octanol–water partition coefficient (Wildman–Crippen LogP) is 3.00. The number of hydrogen-bond donors (Lipinski definition) is 1. The Balaban J connectivity index is 1.46. The Bertz CT molecular complexity index is 1040. The molecule has 6 atom stereocenters. The maximum atomic E-state index is 13.9. The molecule has 3 aliphatic rings. The molecule has 0 bridgehead atoms. The molecule has 0 unspecified atom stereocenters. The van der Waals surface area contributed by atoms with E-state index in [4.69, 9.17) is 9.47 Å². The lowest BCUT2D eigenvalue weighted by molar-refractivity contribution is -0.0299. The molecule has 0 radical (unpaired) electrons. The van der Waals surface area contributed by atoms with Gasteiger partial charge in [-0.15, -0.1) is 0 Å². The first-order valence-electron chi connectivity index (χ1n) is 12.3. The zero-order valence-corrected chi connectivity index (χ0v) is 21.4. The number of nitrogens with zero attached hydrogens (tertiary/aromatic N) is 3. The summed E-state index contributed by atoms with van der Waals surface area (Å²) in [7, 11) is -3.71. The number of carbonyl (C=O) groups is 1. The van der Waals surface area contributed by atoms with Crippen LogP contribution in [0.4, 0.5) is 18.0 Å². The Hall–Kier alpha value is -1.99. The van der Waals surface area contributed by atoms with Crippen LogP contribution in [0.2, 0.25) is 0 Å². The summed E-state index contributed by atoms with van der Waals surface area (Å²) in [6.07, 6.45) is 0.523. The molecule has 1 N–H and O–H groups in total. The number of rotatable bonds is 9. The summed E-state index contributed by atoms with van der Waals surface area (Å²) < 4.78 is 79.4. The SMILES string of the molecule is CCS(=O)(=O)N[C@H]1C[C@@H](C(F)F)N(C(=O)OC(C)C)[C@H]1CO[C@H]1CC[C@@]2(c3ncc(F)cn3)C[C@H]2C1. The van der Waals surface area contributed by atoms with Gasteiger partial charge in [0.2, 0.25) is 10.0 Å². The van der Waals surface area contributed by atoms with Crippen molar-refractivity contribution in [1.82, 2.24) is 19.6 Å². The van der Waals surface area contributed by atoms with E-state index in [9.17, 15) is 26.4 Å². The molecule has 1 saturated heterocycles. The first kappa shape index (κ1) is 27.1. The third-order valence-corrected chi connectivity index (χ3v) is 8.91. The Morgan fingerprint density at radius 3 is 2.56 bits per heavy atom. The minimum absolute atomic E-state index is 0.106. The summed E-state index contributed by atoms with van der Waals surface area (Å²) in [5, 5.41) is 0. The second-order valence-corrected chi connectivity index (χ2v) is 12.2. The van der Waals surface area contributed by atoms with Crippen LogP contribution in [-0.2, 0) is 24.9 Å². The van der Waals surface area contributed by atoms with E-state index in [1.165, 1.54) is 6.92 Å². The van der Waals surface area contributed by atoms with Gasteiger partial charge in [-0.05, 0) is 58.8 Å². The van der Waals surface area contributed by atoms with Gasteiger partial charge < -0.3 is 9.47 Å². The average Bonchev–Trinajstić information content (AvgIpc) is 3.44. The fraction of sp³-hybridized carbons (Fsp3) is 0.783. The van der Waals surface area contributed by atoms with Gasteiger partial charge in [-0.2, -0.15) is 0 Å². The van der Waals surface area contributed by atoms with E-state index >= 15 is 0 Å². The van der Waals surface area contributed by atoms with E-state index in [1.54, 1.807) is 13.8 Å². The van der Waals surface area contributed by atoms with Crippen LogP contribution in [0.25, 0.3) is 0 Å². The second kappa shape index (κ2) is 10.4. The molecule has 1 aromatic heterocycles. The van der Waals surface area contributed by atoms with Crippen LogP contribution in [0, 0.1) is 11.7 Å². The third kappa shape index (κ3) is 5.62. The van der Waals surface area contributed by atoms with Crippen molar-refractivity contribution in [2.24, 2.45) is 5.92 Å². The first-order chi connectivity index (χ1) is 17.0. The van der Waals surface area contributed by atoms with Gasteiger partial charge in [-0.25, -0.2) is 41.1 Å². The monoisotopic (exact) mass is 534 g/mol. The van der Waals surface area contributed by atoms with Gasteiger partial charge in [0, 0.05) is 11.5 Å². The van der Waals surface area contributed by atoms with Gasteiger partial charge in [-0.3, -0.25) is 4.90 Å². The number of ether oxygens (including phenoxy) is 2. The molecule has 1 amide bonds. The highest BCUT2D eigenvalue weighted by Gasteiger charge is 2.60. The summed E-state index contributed by atoms with van der Waals surface area (Å²) in [5.41, 5.74) is -0.186. The first-order valence-corrected chi connectivity index (χ1v) is 14.0. The van der Waals surface area contributed by atoms with Gasteiger partial charge in [0.1, 0.15) is 5.82 Å². The minimum Gasteiger partial charge on any atom is -0.447 e. The summed E-state index contributed by atoms with van der Waals surface area (Å²) >= 11 is 0. The van der Waals surface area contributed by atoms with Crippen LogP contribution in [-0.4, -0.2) is 78.5 Å². The van der Waals surface area contributed by atoms with E-state index in [0.717, 1.165) is 30.1 Å². The van der Waals surface area contributed by atoms with Gasteiger partial charge in [0.25, 0.3) is 6.43 Å². The average molecular weight is 535 g/mol. The van der Waals surface area contributed by atoms with Crippen molar-refractivity contribution in [2.75, 3.05) is 12.4 Å². The molecular formula is C23H33F3N4O5S. The van der Waals surface area contributed by atoms with Crippen LogP contribution in [0.1, 0.15) is 58.7 Å². The molecule has 2 saturated carbocycles. The molecule has 1 aromatic rings. The highest BCUT2D eigenvalue weighted by Crippen LogP contribution is 2.61. The summed E-state index contributed by atoms with van der Waals surface area (Å²) in [6.45, 7) is 4.57. The Kier molecular flexibility index (Phi) is 7.82. The van der Waals surface area contributed by atoms with Gasteiger partial charge >= 0.3 is 6.09 Å². The number of nitrogens with one attached hydrogen (secondary N) is 1. The van der Waals surface area contributed by atoms with E-state index < -0.39 is 52.6 Å². The smallest absolute Gasteiger partial charge is 0.410 e. The number of hydrogen-bond acceptors (Lipinski definition) is 7. The number of alkyl halides is 2. The van der Waals surface area contributed by atoms with Crippen LogP contribution in [0.15, 0.2) is 12.4 Å². The third-order valence-electron chi connectivity index (χ3n) is 7.48. The minimum atomic E-state index is -3.71. The van der Waals surface area contributed by atoms with Crippen molar-refractivity contribution in [2.45, 2.75) is 95.0 Å². The van der Waals surface area contributed by atoms with Gasteiger partial charge in [-0.1, -0.05) is 0 Å². The summed E-state index contributed by atoms with van der Waals surface area (Å²) in [6, 6.07) is -3.36. The van der Waals surface area contributed by atoms with Gasteiger partial charge in [0.15, 0.2) is 5.82 Å². The normalized spacial score (nSPS) is 32.1. The van der Waals surface area contributed by atoms with Crippen LogP contribution in [0.3, 0.4) is 0 Å². The maximum Gasteiger partial charge on any atom is 0.410 e. The number of fused-ring (bicyclic) bond motifs is 1. The molecular weight excluding hydrogens is 501 g/mol. The molecule has 2 aliphatic carbocycles. The topological polar surface area (TPSA) is 111 Å². The highest BCUT2D eigenvalue weighted by molar-refractivity contribution is 7.89. The van der Waals surface area contributed by atoms with Crippen molar-refractivity contribution in [1.29, 1.82) is 0 Å². The lowest BCUT2D eigenvalue weighted by Gasteiger charge is -2.33. The highest BCUT2D eigenvalue weighted by atomic mass is 32.2. The van der Waals surface area contributed by atoms with Crippen molar-refractivity contribution in [3.63, 3.8) is 0 Å². The number of likely N-dealkylation sites (tertiary alicyclic amines) is 1. The molecule has 9 nitrogen and oxygen atoms in total. The van der Waals surface area contributed by atoms with Crippen LogP contribution < -0.4 is 4.72 Å². The Morgan fingerprint density at radius 2 is 1.97 bits per heavy atom. The molecule has 0 aromatic carbocycles.